The molecule has 0 aromatic carbocycles. The molecular weight excluding hydrogens is 116 g/mol. The van der Waals surface area contributed by atoms with Gasteiger partial charge in [0.1, 0.15) is 6.10 Å². The van der Waals surface area contributed by atoms with Gasteiger partial charge in [-0.2, -0.15) is 0 Å². The molecule has 2 nitrogen and oxygen atoms in total. The Morgan fingerprint density at radius 3 is 2.56 bits per heavy atom. The molecule has 9 heavy (non-hydrogen) atoms. The van der Waals surface area contributed by atoms with Crippen molar-refractivity contribution in [3.8, 4) is 0 Å². The highest BCUT2D eigenvalue weighted by molar-refractivity contribution is 4.85. The van der Waals surface area contributed by atoms with Crippen LogP contribution in [0, 0.1) is 0 Å². The largest absolute Gasteiger partial charge is 0.439 e. The zero-order valence-corrected chi connectivity index (χ0v) is 5.85. The monoisotopic (exact) mass is 131 g/mol. The van der Waals surface area contributed by atoms with Gasteiger partial charge < -0.3 is 10.2 Å². The maximum absolute atomic E-state index is 9.25. The molecule has 0 amide bonds. The van der Waals surface area contributed by atoms with Crippen LogP contribution in [0.15, 0.2) is 0 Å². The maximum Gasteiger partial charge on any atom is 0.186 e. The molecule has 0 heterocycles. The molecule has 3 N–H and O–H groups in total. The summed E-state index contributed by atoms with van der Waals surface area (Å²) in [6.07, 6.45) is 3.49. The minimum absolute atomic E-state index is 0.383. The lowest BCUT2D eigenvalue weighted by atomic mass is 9.84. The smallest absolute Gasteiger partial charge is 0.186 e. The Bertz CT molecular complexity index is 99.1. The molecule has 0 radical (unpaired) electrons. The minimum atomic E-state index is -0.557. The van der Waals surface area contributed by atoms with E-state index in [0.29, 0.717) is 0 Å². The van der Waals surface area contributed by atoms with E-state index in [4.69, 9.17) is 5.11 Å². The standard InChI is InChI=1S/C7H14O2/c1-7(9)5-3-2-4-6(7)8/h6,8-9H,2-5H2,1H3/p+1/t6-,7+/m1/s1. The van der Waals surface area contributed by atoms with Crippen molar-refractivity contribution in [1.82, 2.24) is 0 Å². The van der Waals surface area contributed by atoms with E-state index < -0.39 is 5.60 Å². The first-order valence-corrected chi connectivity index (χ1v) is 3.56. The molecule has 54 valence electrons. The van der Waals surface area contributed by atoms with Crippen molar-refractivity contribution in [3.63, 3.8) is 0 Å². The fraction of sp³-hybridized carbons (Fsp3) is 1.00. The van der Waals surface area contributed by atoms with E-state index in [-0.39, 0.29) is 6.10 Å². The fourth-order valence-corrected chi connectivity index (χ4v) is 1.32. The number of aliphatic hydroxyl groups is 1. The van der Waals surface area contributed by atoms with Gasteiger partial charge in [-0.05, 0) is 12.8 Å². The van der Waals surface area contributed by atoms with Gasteiger partial charge in [-0.15, -0.1) is 0 Å². The fourth-order valence-electron chi connectivity index (χ4n) is 1.32. The van der Waals surface area contributed by atoms with Gasteiger partial charge in [0, 0.05) is 13.3 Å². The van der Waals surface area contributed by atoms with Gasteiger partial charge in [0.2, 0.25) is 0 Å². The van der Waals surface area contributed by atoms with Gasteiger partial charge in [0.25, 0.3) is 0 Å². The zero-order chi connectivity index (χ0) is 6.91. The van der Waals surface area contributed by atoms with Crippen LogP contribution in [0.5, 0.6) is 0 Å². The third kappa shape index (κ3) is 1.43. The lowest BCUT2D eigenvalue weighted by molar-refractivity contribution is -0.0863. The van der Waals surface area contributed by atoms with Crippen LogP contribution in [-0.2, 0) is 0 Å². The summed E-state index contributed by atoms with van der Waals surface area (Å²) >= 11 is 0. The van der Waals surface area contributed by atoms with E-state index in [2.05, 4.69) is 0 Å². The number of hydrogen-bond donors (Lipinski definition) is 1. The van der Waals surface area contributed by atoms with Crippen LogP contribution in [0.2, 0.25) is 0 Å². The van der Waals surface area contributed by atoms with Crippen LogP contribution in [0.25, 0.3) is 0 Å². The van der Waals surface area contributed by atoms with E-state index in [1.165, 1.54) is 0 Å². The molecule has 0 bridgehead atoms. The molecule has 2 atom stereocenters. The SMILES string of the molecule is C[C@]1([OH2+])CCCC[C@H]1O. The summed E-state index contributed by atoms with van der Waals surface area (Å²) in [6, 6.07) is 0. The number of rotatable bonds is 0. The third-order valence-corrected chi connectivity index (χ3v) is 2.16. The van der Waals surface area contributed by atoms with Crippen molar-refractivity contribution in [2.24, 2.45) is 0 Å². The quantitative estimate of drug-likeness (QED) is 0.475. The average molecular weight is 131 g/mol. The lowest BCUT2D eigenvalue weighted by Crippen LogP contribution is -2.41. The summed E-state index contributed by atoms with van der Waals surface area (Å²) in [5, 5.41) is 16.8. The van der Waals surface area contributed by atoms with E-state index in [0.717, 1.165) is 25.7 Å². The highest BCUT2D eigenvalue weighted by Crippen LogP contribution is 2.27. The van der Waals surface area contributed by atoms with Crippen molar-refractivity contribution >= 4 is 0 Å². The molecule has 1 saturated carbocycles. The molecule has 1 fully saturated rings. The van der Waals surface area contributed by atoms with Crippen LogP contribution < -0.4 is 0 Å². The molecular formula is C7H15O2+. The molecule has 0 aliphatic heterocycles. The van der Waals surface area contributed by atoms with Crippen LogP contribution in [-0.4, -0.2) is 21.9 Å². The van der Waals surface area contributed by atoms with Gasteiger partial charge in [-0.1, -0.05) is 6.42 Å². The Labute approximate surface area is 55.5 Å². The van der Waals surface area contributed by atoms with Gasteiger partial charge in [-0.25, -0.2) is 0 Å². The first-order chi connectivity index (χ1) is 4.13. The Balaban J connectivity index is 2.49. The number of aliphatic hydroxyl groups excluding tert-OH is 1. The van der Waals surface area contributed by atoms with E-state index in [1.54, 1.807) is 0 Å². The summed E-state index contributed by atoms with van der Waals surface area (Å²) in [6.45, 7) is 1.82. The Morgan fingerprint density at radius 2 is 2.22 bits per heavy atom. The Kier molecular flexibility index (Phi) is 1.78. The van der Waals surface area contributed by atoms with Gasteiger partial charge in [0.15, 0.2) is 5.60 Å². The van der Waals surface area contributed by atoms with Crippen molar-refractivity contribution < 1.29 is 10.2 Å². The predicted octanol–water partition coefficient (Wildman–Crippen LogP) is 0.405. The second kappa shape index (κ2) is 2.27. The molecule has 0 aromatic rings. The number of hydrogen-bond acceptors (Lipinski definition) is 1. The summed E-state index contributed by atoms with van der Waals surface area (Å²) in [5.41, 5.74) is -0.557. The molecule has 1 aliphatic rings. The minimum Gasteiger partial charge on any atom is -0.439 e. The maximum atomic E-state index is 9.25. The summed E-state index contributed by atoms with van der Waals surface area (Å²) in [5.74, 6) is 0. The normalized spacial score (nSPS) is 45.0. The third-order valence-electron chi connectivity index (χ3n) is 2.16. The molecule has 0 aromatic heterocycles. The highest BCUT2D eigenvalue weighted by Gasteiger charge is 2.37. The Hall–Kier alpha value is -0.0800. The van der Waals surface area contributed by atoms with E-state index >= 15 is 0 Å². The van der Waals surface area contributed by atoms with Crippen LogP contribution in [0.3, 0.4) is 0 Å². The molecule has 0 spiro atoms. The topological polar surface area (TPSA) is 43.1 Å². The van der Waals surface area contributed by atoms with Gasteiger partial charge in [0.05, 0.1) is 0 Å². The van der Waals surface area contributed by atoms with Crippen LogP contribution in [0.1, 0.15) is 32.6 Å². The summed E-state index contributed by atoms with van der Waals surface area (Å²) < 4.78 is 0. The predicted molar refractivity (Wildman–Crippen MR) is 36.5 cm³/mol. The summed E-state index contributed by atoms with van der Waals surface area (Å²) in [4.78, 5) is 0. The lowest BCUT2D eigenvalue weighted by Gasteiger charge is -2.28. The first-order valence-electron chi connectivity index (χ1n) is 3.56. The van der Waals surface area contributed by atoms with E-state index in [1.807, 2.05) is 6.92 Å². The zero-order valence-electron chi connectivity index (χ0n) is 5.85. The molecule has 2 heteroatoms. The second-order valence-corrected chi connectivity index (χ2v) is 3.18. The van der Waals surface area contributed by atoms with E-state index in [9.17, 15) is 5.11 Å². The molecule has 0 unspecified atom stereocenters. The molecule has 1 rings (SSSR count). The van der Waals surface area contributed by atoms with Crippen molar-refractivity contribution in [2.45, 2.75) is 44.3 Å². The van der Waals surface area contributed by atoms with Crippen molar-refractivity contribution in [1.29, 1.82) is 0 Å². The first kappa shape index (κ1) is 7.03. The van der Waals surface area contributed by atoms with Crippen molar-refractivity contribution in [2.75, 3.05) is 0 Å². The summed E-state index contributed by atoms with van der Waals surface area (Å²) in [7, 11) is 0. The average Bonchev–Trinajstić information content (AvgIpc) is 1.77. The molecule has 1 aliphatic carbocycles. The highest BCUT2D eigenvalue weighted by atomic mass is 16.3. The van der Waals surface area contributed by atoms with Crippen LogP contribution in [0.4, 0.5) is 0 Å². The van der Waals surface area contributed by atoms with Crippen LogP contribution >= 0.6 is 0 Å². The Morgan fingerprint density at radius 1 is 1.56 bits per heavy atom. The van der Waals surface area contributed by atoms with Crippen molar-refractivity contribution in [3.05, 3.63) is 0 Å². The van der Waals surface area contributed by atoms with Gasteiger partial charge in [-0.3, -0.25) is 0 Å². The second-order valence-electron chi connectivity index (χ2n) is 3.18. The molecule has 0 saturated heterocycles. The van der Waals surface area contributed by atoms with Gasteiger partial charge >= 0.3 is 0 Å².